The van der Waals surface area contributed by atoms with Gasteiger partial charge in [0.25, 0.3) is 0 Å². The summed E-state index contributed by atoms with van der Waals surface area (Å²) in [4.78, 5) is 31.8. The van der Waals surface area contributed by atoms with E-state index >= 15 is 0 Å². The first kappa shape index (κ1) is 22.1. The maximum absolute atomic E-state index is 12.9. The highest BCUT2D eigenvalue weighted by molar-refractivity contribution is 5.96. The third kappa shape index (κ3) is 5.11. The van der Waals surface area contributed by atoms with Crippen molar-refractivity contribution in [3.8, 4) is 0 Å². The van der Waals surface area contributed by atoms with Gasteiger partial charge in [-0.1, -0.05) is 39.3 Å². The minimum Gasteiger partial charge on any atom is -0.381 e. The molecular formula is C22H33N5O3. The van der Waals surface area contributed by atoms with E-state index in [9.17, 15) is 9.59 Å². The zero-order valence-electron chi connectivity index (χ0n) is 18.2. The number of carbonyl (C=O) groups is 2. The van der Waals surface area contributed by atoms with Crippen molar-refractivity contribution in [2.24, 2.45) is 5.92 Å². The summed E-state index contributed by atoms with van der Waals surface area (Å²) in [5.41, 5.74) is 1.88. The van der Waals surface area contributed by atoms with Crippen LogP contribution < -0.4 is 15.5 Å². The molecule has 1 aromatic heterocycles. The van der Waals surface area contributed by atoms with Crippen LogP contribution in [0.25, 0.3) is 11.0 Å². The monoisotopic (exact) mass is 415 g/mol. The molecular weight excluding hydrogens is 382 g/mol. The lowest BCUT2D eigenvalue weighted by molar-refractivity contribution is -0.123. The van der Waals surface area contributed by atoms with Gasteiger partial charge in [-0.3, -0.25) is 9.69 Å². The minimum atomic E-state index is -0.600. The van der Waals surface area contributed by atoms with E-state index in [1.807, 2.05) is 42.7 Å². The van der Waals surface area contributed by atoms with Crippen molar-refractivity contribution in [1.29, 1.82) is 0 Å². The Morgan fingerprint density at radius 3 is 2.70 bits per heavy atom. The van der Waals surface area contributed by atoms with Crippen LogP contribution >= 0.6 is 0 Å². The van der Waals surface area contributed by atoms with E-state index in [0.29, 0.717) is 32.2 Å². The maximum Gasteiger partial charge on any atom is 0.324 e. The summed E-state index contributed by atoms with van der Waals surface area (Å²) in [5, 5.41) is 5.82. The van der Waals surface area contributed by atoms with Crippen LogP contribution in [0.3, 0.4) is 0 Å². The van der Waals surface area contributed by atoms with Gasteiger partial charge in [-0.25, -0.2) is 9.78 Å². The van der Waals surface area contributed by atoms with Gasteiger partial charge in [-0.15, -0.1) is 0 Å². The second kappa shape index (κ2) is 10.4. The van der Waals surface area contributed by atoms with E-state index in [1.165, 1.54) is 0 Å². The fourth-order valence-corrected chi connectivity index (χ4v) is 3.57. The Kier molecular flexibility index (Phi) is 7.68. The first-order valence-electron chi connectivity index (χ1n) is 10.9. The molecule has 0 fully saturated rings. The predicted octanol–water partition coefficient (Wildman–Crippen LogP) is 2.91. The van der Waals surface area contributed by atoms with Gasteiger partial charge in [0.15, 0.2) is 0 Å². The van der Waals surface area contributed by atoms with E-state index in [2.05, 4.69) is 22.5 Å². The van der Waals surface area contributed by atoms with Crippen LogP contribution in [0.4, 0.5) is 10.7 Å². The molecule has 1 aliphatic heterocycles. The van der Waals surface area contributed by atoms with Crippen molar-refractivity contribution in [3.63, 3.8) is 0 Å². The summed E-state index contributed by atoms with van der Waals surface area (Å²) < 4.78 is 7.56. The molecule has 8 heteroatoms. The van der Waals surface area contributed by atoms with Crippen LogP contribution in [0, 0.1) is 5.92 Å². The number of imidazole rings is 1. The first-order chi connectivity index (χ1) is 14.5. The number of unbranched alkanes of at least 4 members (excludes halogenated alkanes) is 1. The Hall–Kier alpha value is -2.61. The van der Waals surface area contributed by atoms with Crippen LogP contribution in [0.15, 0.2) is 24.3 Å². The third-order valence-corrected chi connectivity index (χ3v) is 5.30. The molecule has 0 bridgehead atoms. The lowest BCUT2D eigenvalue weighted by atomic mass is 10.0. The Morgan fingerprint density at radius 2 is 1.93 bits per heavy atom. The van der Waals surface area contributed by atoms with E-state index in [4.69, 9.17) is 4.74 Å². The molecule has 0 saturated carbocycles. The lowest BCUT2D eigenvalue weighted by Gasteiger charge is -2.24. The Balaban J connectivity index is 1.54. The minimum absolute atomic E-state index is 0.0313. The largest absolute Gasteiger partial charge is 0.381 e. The number of fused-ring (bicyclic) bond motifs is 3. The van der Waals surface area contributed by atoms with Gasteiger partial charge in [-0.05, 0) is 30.9 Å². The fraction of sp³-hybridized carbons (Fsp3) is 0.591. The summed E-state index contributed by atoms with van der Waals surface area (Å²) in [6.07, 6.45) is 2.92. The second-order valence-electron chi connectivity index (χ2n) is 7.99. The van der Waals surface area contributed by atoms with Crippen molar-refractivity contribution in [2.45, 2.75) is 52.6 Å². The number of hydrogen-bond donors (Lipinski definition) is 2. The Morgan fingerprint density at radius 1 is 1.17 bits per heavy atom. The zero-order valence-corrected chi connectivity index (χ0v) is 18.2. The van der Waals surface area contributed by atoms with E-state index in [1.54, 1.807) is 4.90 Å². The molecule has 1 aliphatic rings. The number of urea groups is 1. The number of hydrogen-bond acceptors (Lipinski definition) is 4. The Labute approximate surface area is 178 Å². The van der Waals surface area contributed by atoms with E-state index in [-0.39, 0.29) is 17.9 Å². The van der Waals surface area contributed by atoms with Crippen molar-refractivity contribution in [3.05, 3.63) is 24.3 Å². The molecule has 0 unspecified atom stereocenters. The molecule has 164 valence electrons. The molecule has 8 nitrogen and oxygen atoms in total. The normalized spacial score (nSPS) is 14.2. The molecule has 3 rings (SSSR count). The van der Waals surface area contributed by atoms with Crippen LogP contribution in [0.2, 0.25) is 0 Å². The number of amides is 3. The molecule has 0 spiro atoms. The molecule has 0 radical (unpaired) electrons. The molecule has 2 N–H and O–H groups in total. The SMILES string of the molecule is CCCCOCCCNC(=O)[C@@H](NC(=O)N1CCn2c1nc1ccccc12)C(C)C. The number of rotatable bonds is 10. The lowest BCUT2D eigenvalue weighted by Crippen LogP contribution is -2.53. The summed E-state index contributed by atoms with van der Waals surface area (Å²) in [6.45, 7) is 9.14. The number of para-hydroxylation sites is 2. The van der Waals surface area contributed by atoms with Crippen molar-refractivity contribution in [2.75, 3.05) is 31.2 Å². The zero-order chi connectivity index (χ0) is 21.5. The predicted molar refractivity (Wildman–Crippen MR) is 118 cm³/mol. The Bertz CT molecular complexity index is 864. The molecule has 1 aromatic carbocycles. The van der Waals surface area contributed by atoms with Crippen LogP contribution in [0.1, 0.15) is 40.0 Å². The van der Waals surface area contributed by atoms with E-state index in [0.717, 1.165) is 36.9 Å². The van der Waals surface area contributed by atoms with Crippen LogP contribution in [0.5, 0.6) is 0 Å². The number of carbonyl (C=O) groups excluding carboxylic acids is 2. The highest BCUT2D eigenvalue weighted by Gasteiger charge is 2.32. The number of ether oxygens (including phenoxy) is 1. The van der Waals surface area contributed by atoms with Crippen molar-refractivity contribution >= 4 is 28.9 Å². The van der Waals surface area contributed by atoms with Crippen LogP contribution in [-0.2, 0) is 16.1 Å². The van der Waals surface area contributed by atoms with Gasteiger partial charge in [-0.2, -0.15) is 0 Å². The second-order valence-corrected chi connectivity index (χ2v) is 7.99. The van der Waals surface area contributed by atoms with Gasteiger partial charge < -0.3 is 19.9 Å². The first-order valence-corrected chi connectivity index (χ1v) is 10.9. The van der Waals surface area contributed by atoms with E-state index < -0.39 is 6.04 Å². The molecule has 0 saturated heterocycles. The average molecular weight is 416 g/mol. The smallest absolute Gasteiger partial charge is 0.324 e. The summed E-state index contributed by atoms with van der Waals surface area (Å²) in [7, 11) is 0. The summed E-state index contributed by atoms with van der Waals surface area (Å²) in [5.74, 6) is 0.427. The molecule has 2 heterocycles. The number of aromatic nitrogens is 2. The molecule has 3 amide bonds. The van der Waals surface area contributed by atoms with Gasteiger partial charge in [0.05, 0.1) is 11.0 Å². The molecule has 1 atom stereocenters. The fourth-order valence-electron chi connectivity index (χ4n) is 3.57. The maximum atomic E-state index is 12.9. The van der Waals surface area contributed by atoms with Gasteiger partial charge in [0, 0.05) is 32.8 Å². The number of nitrogens with one attached hydrogen (secondary N) is 2. The number of benzene rings is 1. The van der Waals surface area contributed by atoms with Crippen LogP contribution in [-0.4, -0.2) is 53.8 Å². The number of anilines is 1. The average Bonchev–Trinajstić information content (AvgIpc) is 3.30. The van der Waals surface area contributed by atoms with Gasteiger partial charge in [0.1, 0.15) is 6.04 Å². The molecule has 2 aromatic rings. The highest BCUT2D eigenvalue weighted by Crippen LogP contribution is 2.27. The molecule has 30 heavy (non-hydrogen) atoms. The summed E-state index contributed by atoms with van der Waals surface area (Å²) in [6, 6.07) is 6.95. The number of nitrogens with zero attached hydrogens (tertiary/aromatic N) is 3. The van der Waals surface area contributed by atoms with Crippen molar-refractivity contribution < 1.29 is 14.3 Å². The molecule has 0 aliphatic carbocycles. The topological polar surface area (TPSA) is 88.5 Å². The van der Waals surface area contributed by atoms with Crippen molar-refractivity contribution in [1.82, 2.24) is 20.2 Å². The standard InChI is InChI=1S/C22H33N5O3/c1-4-5-14-30-15-8-11-23-20(28)19(16(2)3)25-22(29)27-13-12-26-18-10-7-6-9-17(18)24-21(26)27/h6-7,9-10,16,19H,4-5,8,11-15H2,1-3H3,(H,23,28)(H,25,29)/t19-/m0/s1. The highest BCUT2D eigenvalue weighted by atomic mass is 16.5. The van der Waals surface area contributed by atoms with Gasteiger partial charge >= 0.3 is 6.03 Å². The summed E-state index contributed by atoms with van der Waals surface area (Å²) >= 11 is 0. The quantitative estimate of drug-likeness (QED) is 0.584. The third-order valence-electron chi connectivity index (χ3n) is 5.30. The van der Waals surface area contributed by atoms with Gasteiger partial charge in [0.2, 0.25) is 11.9 Å².